The number of benzene rings is 1. The Morgan fingerprint density at radius 1 is 1.27 bits per heavy atom. The lowest BCUT2D eigenvalue weighted by molar-refractivity contribution is 0.0691. The standard InChI is InChI=1S/C15H16N2O4S/c1-10-14(8-13(16-10)15(18)19)22(20,21)17-7-6-11-4-2-3-5-12(11)9-17/h2-5,8,16H,6-7,9H2,1H3,(H,18,19). The molecule has 6 nitrogen and oxygen atoms in total. The Hall–Kier alpha value is -2.12. The highest BCUT2D eigenvalue weighted by Crippen LogP contribution is 2.27. The molecule has 2 N–H and O–H groups in total. The number of aromatic nitrogens is 1. The lowest BCUT2D eigenvalue weighted by Crippen LogP contribution is -2.36. The van der Waals surface area contributed by atoms with Gasteiger partial charge in [0.05, 0.1) is 0 Å². The molecule has 0 fully saturated rings. The van der Waals surface area contributed by atoms with Crippen molar-refractivity contribution in [1.82, 2.24) is 9.29 Å². The molecule has 1 aromatic heterocycles. The van der Waals surface area contributed by atoms with Gasteiger partial charge in [-0.3, -0.25) is 0 Å². The smallest absolute Gasteiger partial charge is 0.352 e. The van der Waals surface area contributed by atoms with Gasteiger partial charge < -0.3 is 10.1 Å². The van der Waals surface area contributed by atoms with Crippen molar-refractivity contribution in [3.63, 3.8) is 0 Å². The van der Waals surface area contributed by atoms with Crippen molar-refractivity contribution in [3.8, 4) is 0 Å². The van der Waals surface area contributed by atoms with E-state index in [1.54, 1.807) is 6.92 Å². The Labute approximate surface area is 128 Å². The van der Waals surface area contributed by atoms with Crippen LogP contribution in [0, 0.1) is 6.92 Å². The highest BCUT2D eigenvalue weighted by atomic mass is 32.2. The highest BCUT2D eigenvalue weighted by molar-refractivity contribution is 7.89. The number of nitrogens with one attached hydrogen (secondary N) is 1. The van der Waals surface area contributed by atoms with E-state index in [-0.39, 0.29) is 10.6 Å². The summed E-state index contributed by atoms with van der Waals surface area (Å²) < 4.78 is 26.9. The van der Waals surface area contributed by atoms with Gasteiger partial charge in [0.15, 0.2) is 0 Å². The third-order valence-electron chi connectivity index (χ3n) is 3.91. The molecule has 1 aliphatic rings. The van der Waals surface area contributed by atoms with Gasteiger partial charge in [0.1, 0.15) is 10.6 Å². The van der Waals surface area contributed by atoms with Gasteiger partial charge in [-0.2, -0.15) is 4.31 Å². The van der Waals surface area contributed by atoms with Crippen LogP contribution in [0.25, 0.3) is 0 Å². The molecule has 0 atom stereocenters. The number of carboxylic acid groups (broad SMARTS) is 1. The molecule has 0 aliphatic carbocycles. The van der Waals surface area contributed by atoms with E-state index < -0.39 is 16.0 Å². The Balaban J connectivity index is 1.96. The zero-order chi connectivity index (χ0) is 15.9. The van der Waals surface area contributed by atoms with Gasteiger partial charge >= 0.3 is 5.97 Å². The van der Waals surface area contributed by atoms with Crippen molar-refractivity contribution in [2.45, 2.75) is 24.8 Å². The van der Waals surface area contributed by atoms with Gasteiger partial charge in [0, 0.05) is 18.8 Å². The predicted molar refractivity (Wildman–Crippen MR) is 80.2 cm³/mol. The average Bonchev–Trinajstić information content (AvgIpc) is 2.90. The number of H-pyrrole nitrogens is 1. The van der Waals surface area contributed by atoms with Crippen molar-refractivity contribution in [2.24, 2.45) is 0 Å². The molecule has 0 spiro atoms. The van der Waals surface area contributed by atoms with Crippen LogP contribution >= 0.6 is 0 Å². The summed E-state index contributed by atoms with van der Waals surface area (Å²) in [4.78, 5) is 13.6. The Morgan fingerprint density at radius 2 is 1.95 bits per heavy atom. The Morgan fingerprint density at radius 3 is 2.59 bits per heavy atom. The van der Waals surface area contributed by atoms with Crippen molar-refractivity contribution in [3.05, 3.63) is 52.8 Å². The van der Waals surface area contributed by atoms with E-state index in [1.807, 2.05) is 24.3 Å². The molecule has 0 radical (unpaired) electrons. The number of aromatic amines is 1. The molecule has 22 heavy (non-hydrogen) atoms. The maximum atomic E-state index is 12.8. The van der Waals surface area contributed by atoms with E-state index >= 15 is 0 Å². The van der Waals surface area contributed by atoms with Gasteiger partial charge in [0.25, 0.3) is 0 Å². The SMILES string of the molecule is Cc1[nH]c(C(=O)O)cc1S(=O)(=O)N1CCc2ccccc2C1. The van der Waals surface area contributed by atoms with Gasteiger partial charge in [-0.15, -0.1) is 0 Å². The highest BCUT2D eigenvalue weighted by Gasteiger charge is 2.31. The number of sulfonamides is 1. The number of rotatable bonds is 3. The van der Waals surface area contributed by atoms with Crippen molar-refractivity contribution < 1.29 is 18.3 Å². The molecule has 0 bridgehead atoms. The molecule has 1 aliphatic heterocycles. The Kier molecular flexibility index (Phi) is 3.54. The summed E-state index contributed by atoms with van der Waals surface area (Å²) >= 11 is 0. The summed E-state index contributed by atoms with van der Waals surface area (Å²) in [6.45, 7) is 2.27. The largest absolute Gasteiger partial charge is 0.477 e. The molecule has 7 heteroatoms. The summed E-state index contributed by atoms with van der Waals surface area (Å²) in [5, 5.41) is 8.99. The summed E-state index contributed by atoms with van der Waals surface area (Å²) in [7, 11) is -3.71. The molecular formula is C15H16N2O4S. The molecular weight excluding hydrogens is 304 g/mol. The zero-order valence-corrected chi connectivity index (χ0v) is 12.9. The molecule has 3 rings (SSSR count). The first-order chi connectivity index (χ1) is 10.4. The molecule has 0 saturated heterocycles. The van der Waals surface area contributed by atoms with Gasteiger partial charge in [-0.05, 0) is 30.5 Å². The molecule has 0 amide bonds. The van der Waals surface area contributed by atoms with Gasteiger partial charge in [0.2, 0.25) is 10.0 Å². The number of hydrogen-bond acceptors (Lipinski definition) is 3. The minimum Gasteiger partial charge on any atom is -0.477 e. The topological polar surface area (TPSA) is 90.5 Å². The van der Waals surface area contributed by atoms with Crippen LogP contribution in [0.5, 0.6) is 0 Å². The molecule has 116 valence electrons. The molecule has 2 aromatic rings. The summed E-state index contributed by atoms with van der Waals surface area (Å²) in [5.74, 6) is -1.17. The van der Waals surface area contributed by atoms with Crippen LogP contribution in [-0.4, -0.2) is 35.3 Å². The maximum absolute atomic E-state index is 12.8. The van der Waals surface area contributed by atoms with E-state index in [4.69, 9.17) is 5.11 Å². The number of nitrogens with zero attached hydrogens (tertiary/aromatic N) is 1. The van der Waals surface area contributed by atoms with E-state index in [0.717, 1.165) is 11.1 Å². The number of carbonyl (C=O) groups is 1. The average molecular weight is 320 g/mol. The normalized spacial score (nSPS) is 15.5. The summed E-state index contributed by atoms with van der Waals surface area (Å²) in [6.07, 6.45) is 0.657. The number of hydrogen-bond donors (Lipinski definition) is 2. The van der Waals surface area contributed by atoms with Crippen molar-refractivity contribution in [2.75, 3.05) is 6.54 Å². The fraction of sp³-hybridized carbons (Fsp3) is 0.267. The Bertz CT molecular complexity index is 839. The van der Waals surface area contributed by atoms with Crippen LogP contribution in [0.15, 0.2) is 35.2 Å². The van der Waals surface area contributed by atoms with Crippen LogP contribution in [0.3, 0.4) is 0 Å². The van der Waals surface area contributed by atoms with Crippen LogP contribution in [0.1, 0.15) is 27.3 Å². The third-order valence-corrected chi connectivity index (χ3v) is 5.88. The van der Waals surface area contributed by atoms with Crippen molar-refractivity contribution >= 4 is 16.0 Å². The first-order valence-corrected chi connectivity index (χ1v) is 8.33. The minimum absolute atomic E-state index is 0.0317. The lowest BCUT2D eigenvalue weighted by atomic mass is 10.0. The second kappa shape index (κ2) is 5.26. The summed E-state index contributed by atoms with van der Waals surface area (Å²) in [5.41, 5.74) is 2.37. The van der Waals surface area contributed by atoms with Crippen LogP contribution in [-0.2, 0) is 23.0 Å². The second-order valence-electron chi connectivity index (χ2n) is 5.33. The summed E-state index contributed by atoms with van der Waals surface area (Å²) in [6, 6.07) is 8.94. The lowest BCUT2D eigenvalue weighted by Gasteiger charge is -2.27. The number of fused-ring (bicyclic) bond motifs is 1. The van der Waals surface area contributed by atoms with Gasteiger partial charge in [-0.25, -0.2) is 13.2 Å². The van der Waals surface area contributed by atoms with E-state index in [9.17, 15) is 13.2 Å². The fourth-order valence-electron chi connectivity index (χ4n) is 2.74. The zero-order valence-electron chi connectivity index (χ0n) is 12.0. The van der Waals surface area contributed by atoms with Crippen LogP contribution in [0.4, 0.5) is 0 Å². The maximum Gasteiger partial charge on any atom is 0.352 e. The van der Waals surface area contributed by atoms with E-state index in [1.165, 1.54) is 10.4 Å². The first-order valence-electron chi connectivity index (χ1n) is 6.89. The monoisotopic (exact) mass is 320 g/mol. The van der Waals surface area contributed by atoms with Gasteiger partial charge in [-0.1, -0.05) is 24.3 Å². The molecule has 0 saturated carbocycles. The van der Waals surface area contributed by atoms with Crippen molar-refractivity contribution in [1.29, 1.82) is 0 Å². The second-order valence-corrected chi connectivity index (χ2v) is 7.24. The predicted octanol–water partition coefficient (Wildman–Crippen LogP) is 1.77. The first kappa shape index (κ1) is 14.8. The molecule has 2 heterocycles. The third kappa shape index (κ3) is 2.42. The van der Waals surface area contributed by atoms with Crippen LogP contribution in [0.2, 0.25) is 0 Å². The molecule has 0 unspecified atom stereocenters. The number of aromatic carboxylic acids is 1. The fourth-order valence-corrected chi connectivity index (χ4v) is 4.36. The quantitative estimate of drug-likeness (QED) is 0.902. The molecule has 1 aromatic carbocycles. The number of carboxylic acids is 1. The number of aryl methyl sites for hydroxylation is 1. The van der Waals surface area contributed by atoms with E-state index in [0.29, 0.717) is 25.2 Å². The van der Waals surface area contributed by atoms with Crippen LogP contribution < -0.4 is 0 Å². The minimum atomic E-state index is -3.71. The van der Waals surface area contributed by atoms with E-state index in [2.05, 4.69) is 4.98 Å².